The van der Waals surface area contributed by atoms with Crippen molar-refractivity contribution >= 4 is 5.91 Å². The Bertz CT molecular complexity index is 535. The van der Waals surface area contributed by atoms with Gasteiger partial charge in [0, 0.05) is 31.6 Å². The molecule has 2 aliphatic rings. The Morgan fingerprint density at radius 2 is 1.83 bits per heavy atom. The van der Waals surface area contributed by atoms with Crippen molar-refractivity contribution in [3.05, 3.63) is 35.6 Å². The van der Waals surface area contributed by atoms with Gasteiger partial charge in [0.25, 0.3) is 0 Å². The summed E-state index contributed by atoms with van der Waals surface area (Å²) < 4.78 is 13.1. The molecule has 23 heavy (non-hydrogen) atoms. The number of hydrogen-bond acceptors (Lipinski definition) is 2. The lowest BCUT2D eigenvalue weighted by Gasteiger charge is -2.45. The van der Waals surface area contributed by atoms with E-state index in [0.29, 0.717) is 12.3 Å². The van der Waals surface area contributed by atoms with Crippen molar-refractivity contribution in [2.45, 2.75) is 57.5 Å². The predicted molar refractivity (Wildman–Crippen MR) is 89.5 cm³/mol. The van der Waals surface area contributed by atoms with E-state index in [1.165, 1.54) is 18.4 Å². The summed E-state index contributed by atoms with van der Waals surface area (Å²) in [6.07, 6.45) is 6.20. The molecule has 0 unspecified atom stereocenters. The van der Waals surface area contributed by atoms with Gasteiger partial charge in [-0.2, -0.15) is 0 Å². The van der Waals surface area contributed by atoms with Crippen molar-refractivity contribution in [1.29, 1.82) is 0 Å². The van der Waals surface area contributed by atoms with Crippen LogP contribution in [0.1, 0.15) is 51.0 Å². The van der Waals surface area contributed by atoms with Crippen LogP contribution >= 0.6 is 0 Å². The molecule has 0 saturated carbocycles. The number of amides is 1. The van der Waals surface area contributed by atoms with Crippen molar-refractivity contribution < 1.29 is 9.18 Å². The lowest BCUT2D eigenvalue weighted by atomic mass is 9.84. The van der Waals surface area contributed by atoms with Gasteiger partial charge in [-0.25, -0.2) is 4.39 Å². The third-order valence-electron chi connectivity index (χ3n) is 5.54. The second-order valence-electron chi connectivity index (χ2n) is 7.01. The van der Waals surface area contributed by atoms with Crippen molar-refractivity contribution in [2.24, 2.45) is 0 Å². The van der Waals surface area contributed by atoms with Crippen molar-refractivity contribution in [2.75, 3.05) is 19.6 Å². The Morgan fingerprint density at radius 1 is 1.13 bits per heavy atom. The minimum Gasteiger partial charge on any atom is -0.343 e. The van der Waals surface area contributed by atoms with Crippen LogP contribution in [0, 0.1) is 5.82 Å². The average molecular weight is 318 g/mol. The fourth-order valence-corrected chi connectivity index (χ4v) is 4.16. The first-order chi connectivity index (χ1) is 11.1. The van der Waals surface area contributed by atoms with E-state index in [9.17, 15) is 9.18 Å². The molecule has 1 spiro atoms. The van der Waals surface area contributed by atoms with Gasteiger partial charge in [-0.1, -0.05) is 19.1 Å². The highest BCUT2D eigenvalue weighted by Gasteiger charge is 2.43. The van der Waals surface area contributed by atoms with E-state index in [4.69, 9.17) is 0 Å². The van der Waals surface area contributed by atoms with Crippen LogP contribution in [0.15, 0.2) is 24.3 Å². The summed E-state index contributed by atoms with van der Waals surface area (Å²) in [5, 5.41) is 0. The van der Waals surface area contributed by atoms with E-state index in [-0.39, 0.29) is 11.4 Å². The molecule has 0 N–H and O–H groups in total. The van der Waals surface area contributed by atoms with Gasteiger partial charge in [0.1, 0.15) is 5.82 Å². The van der Waals surface area contributed by atoms with Crippen LogP contribution in [0.4, 0.5) is 4.39 Å². The number of benzene rings is 1. The molecule has 0 aromatic heterocycles. The van der Waals surface area contributed by atoms with E-state index in [1.54, 1.807) is 12.1 Å². The molecule has 3 nitrogen and oxygen atoms in total. The fraction of sp³-hybridized carbons (Fsp3) is 0.632. The van der Waals surface area contributed by atoms with Crippen LogP contribution in [-0.2, 0) is 11.3 Å². The predicted octanol–water partition coefficient (Wildman–Crippen LogP) is 3.58. The van der Waals surface area contributed by atoms with E-state index < -0.39 is 0 Å². The van der Waals surface area contributed by atoms with Crippen LogP contribution in [0.2, 0.25) is 0 Å². The second-order valence-corrected chi connectivity index (χ2v) is 7.01. The first-order valence-corrected chi connectivity index (χ1v) is 8.90. The Labute approximate surface area is 138 Å². The molecule has 2 fully saturated rings. The quantitative estimate of drug-likeness (QED) is 0.847. The monoisotopic (exact) mass is 318 g/mol. The summed E-state index contributed by atoms with van der Waals surface area (Å²) in [5.74, 6) is 0.137. The molecule has 4 heteroatoms. The Hall–Kier alpha value is -1.42. The number of halogens is 1. The Balaban J connectivity index is 1.62. The normalized spacial score (nSPS) is 21.0. The van der Waals surface area contributed by atoms with E-state index in [0.717, 1.165) is 45.4 Å². The molecule has 2 heterocycles. The molecule has 0 bridgehead atoms. The summed E-state index contributed by atoms with van der Waals surface area (Å²) in [6, 6.07) is 6.87. The van der Waals surface area contributed by atoms with Gasteiger partial charge < -0.3 is 4.90 Å². The second kappa shape index (κ2) is 7.00. The minimum atomic E-state index is -0.173. The number of carbonyl (C=O) groups is 1. The lowest BCUT2D eigenvalue weighted by Crippen LogP contribution is -2.52. The number of carbonyl (C=O) groups excluding carboxylic acids is 1. The standard InChI is InChI=1S/C19H27FN2O/c1-2-4-18(23)21-13-10-19(11-14-21)9-3-12-22(19)15-16-5-7-17(20)8-6-16/h5-8H,2-4,9-15H2,1H3. The van der Waals surface area contributed by atoms with Crippen molar-refractivity contribution in [3.8, 4) is 0 Å². The van der Waals surface area contributed by atoms with Crippen LogP contribution < -0.4 is 0 Å². The largest absolute Gasteiger partial charge is 0.343 e. The lowest BCUT2D eigenvalue weighted by molar-refractivity contribution is -0.133. The van der Waals surface area contributed by atoms with Gasteiger partial charge in [0.15, 0.2) is 0 Å². The molecule has 2 saturated heterocycles. The number of nitrogens with zero attached hydrogens (tertiary/aromatic N) is 2. The van der Waals surface area contributed by atoms with Crippen molar-refractivity contribution in [1.82, 2.24) is 9.80 Å². The molecule has 1 amide bonds. The number of piperidine rings is 1. The molecule has 1 aromatic rings. The van der Waals surface area contributed by atoms with Crippen LogP contribution in [0.5, 0.6) is 0 Å². The molecule has 0 aliphatic carbocycles. The minimum absolute atomic E-state index is 0.173. The van der Waals surface area contributed by atoms with Crippen molar-refractivity contribution in [3.63, 3.8) is 0 Å². The fourth-order valence-electron chi connectivity index (χ4n) is 4.16. The molecule has 0 atom stereocenters. The Kier molecular flexibility index (Phi) is 5.00. The Morgan fingerprint density at radius 3 is 2.48 bits per heavy atom. The summed E-state index contributed by atoms with van der Waals surface area (Å²) in [7, 11) is 0. The van der Waals surface area contributed by atoms with Crippen LogP contribution in [0.25, 0.3) is 0 Å². The molecular formula is C19H27FN2O. The van der Waals surface area contributed by atoms with E-state index in [1.807, 2.05) is 17.0 Å². The first kappa shape index (κ1) is 16.4. The number of likely N-dealkylation sites (tertiary alicyclic amines) is 2. The molecule has 3 rings (SSSR count). The zero-order valence-electron chi connectivity index (χ0n) is 14.1. The summed E-state index contributed by atoms with van der Waals surface area (Å²) >= 11 is 0. The third kappa shape index (κ3) is 3.57. The van der Waals surface area contributed by atoms with Gasteiger partial charge in [0.2, 0.25) is 5.91 Å². The highest BCUT2D eigenvalue weighted by molar-refractivity contribution is 5.76. The van der Waals surface area contributed by atoms with Gasteiger partial charge in [-0.05, 0) is 56.3 Å². The van der Waals surface area contributed by atoms with E-state index in [2.05, 4.69) is 11.8 Å². The van der Waals surface area contributed by atoms with Crippen LogP contribution in [-0.4, -0.2) is 40.9 Å². The molecule has 126 valence electrons. The topological polar surface area (TPSA) is 23.6 Å². The van der Waals surface area contributed by atoms with Gasteiger partial charge >= 0.3 is 0 Å². The van der Waals surface area contributed by atoms with Crippen LogP contribution in [0.3, 0.4) is 0 Å². The van der Waals surface area contributed by atoms with Gasteiger partial charge in [-0.3, -0.25) is 9.69 Å². The SMILES string of the molecule is CCCC(=O)N1CCC2(CCCN2Cc2ccc(F)cc2)CC1. The molecule has 1 aromatic carbocycles. The number of rotatable bonds is 4. The average Bonchev–Trinajstić information content (AvgIpc) is 2.93. The van der Waals surface area contributed by atoms with Gasteiger partial charge in [-0.15, -0.1) is 0 Å². The maximum Gasteiger partial charge on any atom is 0.222 e. The zero-order valence-corrected chi connectivity index (χ0v) is 14.1. The maximum atomic E-state index is 13.1. The zero-order chi connectivity index (χ0) is 16.3. The van der Waals surface area contributed by atoms with E-state index >= 15 is 0 Å². The third-order valence-corrected chi connectivity index (χ3v) is 5.54. The highest BCUT2D eigenvalue weighted by atomic mass is 19.1. The maximum absolute atomic E-state index is 13.1. The smallest absolute Gasteiger partial charge is 0.222 e. The highest BCUT2D eigenvalue weighted by Crippen LogP contribution is 2.39. The first-order valence-electron chi connectivity index (χ1n) is 8.90. The summed E-state index contributed by atoms with van der Waals surface area (Å²) in [6.45, 7) is 5.84. The van der Waals surface area contributed by atoms with Gasteiger partial charge in [0.05, 0.1) is 0 Å². The molecular weight excluding hydrogens is 291 g/mol. The number of hydrogen-bond donors (Lipinski definition) is 0. The molecule has 0 radical (unpaired) electrons. The summed E-state index contributed by atoms with van der Waals surface area (Å²) in [5.41, 5.74) is 1.43. The summed E-state index contributed by atoms with van der Waals surface area (Å²) in [4.78, 5) is 16.7. The molecule has 2 aliphatic heterocycles.